The van der Waals surface area contributed by atoms with Crippen molar-refractivity contribution in [2.45, 2.75) is 25.9 Å². The van der Waals surface area contributed by atoms with Crippen LogP contribution in [0.25, 0.3) is 10.9 Å². The number of ether oxygens (including phenoxy) is 1. The van der Waals surface area contributed by atoms with E-state index in [0.29, 0.717) is 10.9 Å². The van der Waals surface area contributed by atoms with Crippen LogP contribution < -0.4 is 10.9 Å². The van der Waals surface area contributed by atoms with Crippen molar-refractivity contribution in [2.24, 2.45) is 0 Å². The van der Waals surface area contributed by atoms with Gasteiger partial charge in [-0.3, -0.25) is 19.0 Å². The third-order valence-electron chi connectivity index (χ3n) is 4.33. The van der Waals surface area contributed by atoms with Crippen molar-refractivity contribution in [3.8, 4) is 0 Å². The summed E-state index contributed by atoms with van der Waals surface area (Å²) in [5, 5.41) is 3.27. The molecule has 1 aromatic heterocycles. The van der Waals surface area contributed by atoms with Crippen LogP contribution in [0.1, 0.15) is 24.9 Å². The molecule has 0 radical (unpaired) electrons. The number of aryl methyl sites for hydroxylation is 1. The van der Waals surface area contributed by atoms with Crippen LogP contribution in [-0.4, -0.2) is 28.0 Å². The van der Waals surface area contributed by atoms with E-state index >= 15 is 0 Å². The van der Waals surface area contributed by atoms with E-state index < -0.39 is 5.97 Å². The fourth-order valence-electron chi connectivity index (χ4n) is 2.80. The van der Waals surface area contributed by atoms with Gasteiger partial charge >= 0.3 is 5.97 Å². The lowest BCUT2D eigenvalue weighted by atomic mass is 10.1. The minimum Gasteiger partial charge on any atom is -0.456 e. The number of amides is 1. The van der Waals surface area contributed by atoms with E-state index in [0.717, 1.165) is 5.56 Å². The molecule has 1 atom stereocenters. The van der Waals surface area contributed by atoms with Gasteiger partial charge in [-0.25, -0.2) is 4.98 Å². The fourth-order valence-corrected chi connectivity index (χ4v) is 2.80. The number of carbonyl (C=O) groups excluding carboxylic acids is 2. The van der Waals surface area contributed by atoms with E-state index in [4.69, 9.17) is 4.74 Å². The molecule has 1 N–H and O–H groups in total. The predicted octanol–water partition coefficient (Wildman–Crippen LogP) is 2.21. The van der Waals surface area contributed by atoms with Gasteiger partial charge in [-0.2, -0.15) is 0 Å². The zero-order valence-electron chi connectivity index (χ0n) is 15.5. The molecule has 7 nitrogen and oxygen atoms in total. The summed E-state index contributed by atoms with van der Waals surface area (Å²) in [6.45, 7) is 1.63. The molecule has 28 heavy (non-hydrogen) atoms. The van der Waals surface area contributed by atoms with E-state index in [-0.39, 0.29) is 37.1 Å². The number of rotatable bonds is 7. The second kappa shape index (κ2) is 8.94. The Morgan fingerprint density at radius 2 is 1.82 bits per heavy atom. The third kappa shape index (κ3) is 4.82. The van der Waals surface area contributed by atoms with Crippen molar-refractivity contribution in [3.05, 3.63) is 76.8 Å². The van der Waals surface area contributed by atoms with Gasteiger partial charge in [0.25, 0.3) is 11.5 Å². The van der Waals surface area contributed by atoms with E-state index in [9.17, 15) is 14.4 Å². The number of esters is 1. The zero-order valence-corrected chi connectivity index (χ0v) is 15.5. The molecular formula is C21H21N3O4. The summed E-state index contributed by atoms with van der Waals surface area (Å²) in [4.78, 5) is 40.4. The number of hydrogen-bond acceptors (Lipinski definition) is 5. The van der Waals surface area contributed by atoms with E-state index in [1.807, 2.05) is 37.3 Å². The topological polar surface area (TPSA) is 90.3 Å². The summed E-state index contributed by atoms with van der Waals surface area (Å²) in [7, 11) is 0. The van der Waals surface area contributed by atoms with Gasteiger partial charge in [-0.05, 0) is 24.6 Å². The maximum absolute atomic E-state index is 12.4. The highest BCUT2D eigenvalue weighted by Crippen LogP contribution is 2.10. The monoisotopic (exact) mass is 379 g/mol. The Hall–Kier alpha value is -3.48. The van der Waals surface area contributed by atoms with Crippen molar-refractivity contribution in [1.29, 1.82) is 0 Å². The molecule has 0 bridgehead atoms. The smallest absolute Gasteiger partial charge is 0.308 e. The Morgan fingerprint density at radius 1 is 1.11 bits per heavy atom. The second-order valence-electron chi connectivity index (χ2n) is 6.37. The number of nitrogens with one attached hydrogen (secondary N) is 1. The normalized spacial score (nSPS) is 11.8. The van der Waals surface area contributed by atoms with Gasteiger partial charge in [0.2, 0.25) is 0 Å². The van der Waals surface area contributed by atoms with Gasteiger partial charge in [0.1, 0.15) is 0 Å². The molecule has 0 spiro atoms. The van der Waals surface area contributed by atoms with Crippen LogP contribution in [0, 0.1) is 0 Å². The molecule has 0 aliphatic carbocycles. The van der Waals surface area contributed by atoms with Gasteiger partial charge in [-0.15, -0.1) is 0 Å². The zero-order chi connectivity index (χ0) is 19.9. The average molecular weight is 379 g/mol. The SMILES string of the molecule is CC(NC(=O)COC(=O)CCn1cnc2ccccc2c1=O)c1ccccc1. The second-order valence-corrected chi connectivity index (χ2v) is 6.37. The van der Waals surface area contributed by atoms with Crippen LogP contribution >= 0.6 is 0 Å². The van der Waals surface area contributed by atoms with Crippen molar-refractivity contribution in [2.75, 3.05) is 6.61 Å². The number of carbonyl (C=O) groups is 2. The molecule has 0 saturated carbocycles. The number of nitrogens with zero attached hydrogens (tertiary/aromatic N) is 2. The van der Waals surface area contributed by atoms with Crippen LogP contribution in [0.3, 0.4) is 0 Å². The van der Waals surface area contributed by atoms with E-state index in [1.54, 1.807) is 24.3 Å². The molecule has 1 unspecified atom stereocenters. The molecule has 144 valence electrons. The maximum Gasteiger partial charge on any atom is 0.308 e. The Balaban J connectivity index is 1.48. The predicted molar refractivity (Wildman–Crippen MR) is 105 cm³/mol. The Labute approximate surface area is 162 Å². The number of aromatic nitrogens is 2. The van der Waals surface area contributed by atoms with Crippen LogP contribution in [0.4, 0.5) is 0 Å². The van der Waals surface area contributed by atoms with Gasteiger partial charge in [0, 0.05) is 6.54 Å². The number of hydrogen-bond donors (Lipinski definition) is 1. The molecule has 0 fully saturated rings. The Kier molecular flexibility index (Phi) is 6.16. The van der Waals surface area contributed by atoms with Crippen molar-refractivity contribution >= 4 is 22.8 Å². The lowest BCUT2D eigenvalue weighted by Crippen LogP contribution is -2.31. The maximum atomic E-state index is 12.4. The Morgan fingerprint density at radius 3 is 2.61 bits per heavy atom. The average Bonchev–Trinajstić information content (AvgIpc) is 2.72. The van der Waals surface area contributed by atoms with Crippen LogP contribution in [0.2, 0.25) is 0 Å². The lowest BCUT2D eigenvalue weighted by Gasteiger charge is -2.14. The number of para-hydroxylation sites is 1. The molecule has 7 heteroatoms. The summed E-state index contributed by atoms with van der Waals surface area (Å²) >= 11 is 0. The van der Waals surface area contributed by atoms with Crippen LogP contribution in [-0.2, 0) is 20.9 Å². The van der Waals surface area contributed by atoms with Crippen molar-refractivity contribution in [3.63, 3.8) is 0 Å². The Bertz CT molecular complexity index is 1030. The lowest BCUT2D eigenvalue weighted by molar-refractivity contribution is -0.148. The first kappa shape index (κ1) is 19.3. The quantitative estimate of drug-likeness (QED) is 0.636. The molecule has 3 rings (SSSR count). The van der Waals surface area contributed by atoms with Gasteiger partial charge in [-0.1, -0.05) is 42.5 Å². The molecule has 0 aliphatic heterocycles. The highest BCUT2D eigenvalue weighted by atomic mass is 16.5. The van der Waals surface area contributed by atoms with Gasteiger partial charge in [0.15, 0.2) is 6.61 Å². The van der Waals surface area contributed by atoms with Gasteiger partial charge in [0.05, 0.1) is 29.7 Å². The fraction of sp³-hybridized carbons (Fsp3) is 0.238. The van der Waals surface area contributed by atoms with E-state index in [2.05, 4.69) is 10.3 Å². The highest BCUT2D eigenvalue weighted by molar-refractivity contribution is 5.81. The molecular weight excluding hydrogens is 358 g/mol. The van der Waals surface area contributed by atoms with Crippen molar-refractivity contribution < 1.29 is 14.3 Å². The summed E-state index contributed by atoms with van der Waals surface area (Å²) in [5.41, 5.74) is 1.36. The van der Waals surface area contributed by atoms with Crippen LogP contribution in [0.15, 0.2) is 65.7 Å². The minimum atomic E-state index is -0.553. The first-order valence-electron chi connectivity index (χ1n) is 8.98. The molecule has 2 aromatic carbocycles. The summed E-state index contributed by atoms with van der Waals surface area (Å²) in [6, 6.07) is 16.3. The molecule has 1 amide bonds. The molecule has 0 saturated heterocycles. The molecule has 1 heterocycles. The minimum absolute atomic E-state index is 0.0263. The first-order chi connectivity index (χ1) is 13.5. The molecule has 3 aromatic rings. The standard InChI is InChI=1S/C21H21N3O4/c1-15(16-7-3-2-4-8-16)23-19(25)13-28-20(26)11-12-24-14-22-18-10-6-5-9-17(18)21(24)27/h2-10,14-15H,11-13H2,1H3,(H,23,25). The summed E-state index contributed by atoms with van der Waals surface area (Å²) < 4.78 is 6.37. The highest BCUT2D eigenvalue weighted by Gasteiger charge is 2.12. The summed E-state index contributed by atoms with van der Waals surface area (Å²) in [6.07, 6.45) is 1.38. The van der Waals surface area contributed by atoms with Crippen LogP contribution in [0.5, 0.6) is 0 Å². The first-order valence-corrected chi connectivity index (χ1v) is 8.98. The van der Waals surface area contributed by atoms with Gasteiger partial charge < -0.3 is 10.1 Å². The molecule has 0 aliphatic rings. The number of benzene rings is 2. The third-order valence-corrected chi connectivity index (χ3v) is 4.33. The summed E-state index contributed by atoms with van der Waals surface area (Å²) in [5.74, 6) is -0.934. The van der Waals surface area contributed by atoms with Crippen molar-refractivity contribution in [1.82, 2.24) is 14.9 Å². The van der Waals surface area contributed by atoms with E-state index in [1.165, 1.54) is 10.9 Å². The largest absolute Gasteiger partial charge is 0.456 e. The number of fused-ring (bicyclic) bond motifs is 1.